The van der Waals surface area contributed by atoms with Crippen LogP contribution in [0.4, 0.5) is 0 Å². The van der Waals surface area contributed by atoms with Gasteiger partial charge in [-0.05, 0) is 25.7 Å². The smallest absolute Gasteiger partial charge is 0.0850 e. The molecule has 3 N–H and O–H groups in total. The summed E-state index contributed by atoms with van der Waals surface area (Å²) in [6, 6.07) is 0. The van der Waals surface area contributed by atoms with Crippen LogP contribution in [0.3, 0.4) is 0 Å². The molecule has 0 aliphatic heterocycles. The van der Waals surface area contributed by atoms with Gasteiger partial charge in [-0.15, -0.1) is 0 Å². The number of hydrogen-bond donors (Lipinski definition) is 1. The van der Waals surface area contributed by atoms with Gasteiger partial charge in [-0.2, -0.15) is 0 Å². The molecule has 0 aromatic carbocycles. The summed E-state index contributed by atoms with van der Waals surface area (Å²) in [5, 5.41) is 0. The molecule has 0 saturated heterocycles. The molecule has 0 aromatic heterocycles. The fraction of sp³-hybridized carbons (Fsp3) is 0.857. The quantitative estimate of drug-likeness (QED) is 0.409. The zero-order chi connectivity index (χ0) is 6.24. The van der Waals surface area contributed by atoms with Crippen molar-refractivity contribution in [3.8, 4) is 0 Å². The molecule has 48 valence electrons. The summed E-state index contributed by atoms with van der Waals surface area (Å²) in [5.41, 5.74) is 3.77. The average molecular weight is 115 g/mol. The van der Waals surface area contributed by atoms with Crippen LogP contribution in [0.15, 0.2) is 0 Å². The van der Waals surface area contributed by atoms with Crippen LogP contribution >= 0.6 is 0 Å². The fourth-order valence-electron chi connectivity index (χ4n) is 0.707. The lowest BCUT2D eigenvalue weighted by Gasteiger charge is -1.90. The van der Waals surface area contributed by atoms with E-state index in [0.717, 1.165) is 13.0 Å². The summed E-state index contributed by atoms with van der Waals surface area (Å²) in [7, 11) is 0. The zero-order valence-corrected chi connectivity index (χ0v) is 5.66. The van der Waals surface area contributed by atoms with E-state index in [4.69, 9.17) is 0 Å². The van der Waals surface area contributed by atoms with Gasteiger partial charge in [0.2, 0.25) is 0 Å². The van der Waals surface area contributed by atoms with Crippen LogP contribution in [0.2, 0.25) is 0 Å². The Bertz CT molecular complexity index is 29.4. The second-order valence-corrected chi connectivity index (χ2v) is 2.12. The van der Waals surface area contributed by atoms with Gasteiger partial charge in [-0.25, -0.2) is 0 Å². The highest BCUT2D eigenvalue weighted by molar-refractivity contribution is 4.43. The van der Waals surface area contributed by atoms with Gasteiger partial charge in [0.25, 0.3) is 0 Å². The number of unbranched alkanes of at least 4 members (excludes halogenated alkanes) is 4. The molecule has 0 spiro atoms. The summed E-state index contributed by atoms with van der Waals surface area (Å²) in [5.74, 6) is 0. The maximum Gasteiger partial charge on any atom is 0.0850 e. The Morgan fingerprint density at radius 3 is 2.12 bits per heavy atom. The van der Waals surface area contributed by atoms with E-state index in [1.54, 1.807) is 0 Å². The first-order valence-electron chi connectivity index (χ1n) is 3.50. The molecular weight excluding hydrogens is 98.1 g/mol. The number of hydrogen-bond acceptors (Lipinski definition) is 0. The van der Waals surface area contributed by atoms with Gasteiger partial charge >= 0.3 is 0 Å². The Balaban J connectivity index is 2.53. The molecule has 0 aliphatic rings. The van der Waals surface area contributed by atoms with Gasteiger partial charge in [0.05, 0.1) is 19.9 Å². The van der Waals surface area contributed by atoms with E-state index in [9.17, 15) is 0 Å². The van der Waals surface area contributed by atoms with E-state index >= 15 is 0 Å². The minimum atomic E-state index is 1.09. The van der Waals surface area contributed by atoms with Crippen molar-refractivity contribution in [2.24, 2.45) is 0 Å². The van der Waals surface area contributed by atoms with Gasteiger partial charge in [-0.1, -0.05) is 0 Å². The summed E-state index contributed by atoms with van der Waals surface area (Å²) in [4.78, 5) is 0. The molecule has 0 atom stereocenters. The van der Waals surface area contributed by atoms with Crippen LogP contribution in [-0.2, 0) is 0 Å². The van der Waals surface area contributed by atoms with E-state index in [2.05, 4.69) is 12.7 Å². The predicted octanol–water partition coefficient (Wildman–Crippen LogP) is 1.01. The molecule has 0 rings (SSSR count). The molecule has 0 fully saturated rings. The number of rotatable bonds is 5. The van der Waals surface area contributed by atoms with Crippen LogP contribution in [0.1, 0.15) is 32.1 Å². The molecule has 0 amide bonds. The number of quaternary nitrogens is 1. The van der Waals surface area contributed by atoms with Crippen LogP contribution in [-0.4, -0.2) is 6.54 Å². The van der Waals surface area contributed by atoms with E-state index < -0.39 is 0 Å². The SMILES string of the molecule is [CH2+]CCCCCC[NH3+]. The first kappa shape index (κ1) is 7.83. The van der Waals surface area contributed by atoms with E-state index in [0.29, 0.717) is 0 Å². The summed E-state index contributed by atoms with van der Waals surface area (Å²) in [6.07, 6.45) is 6.37. The Hall–Kier alpha value is -0.170. The highest BCUT2D eigenvalue weighted by Crippen LogP contribution is 1.99. The van der Waals surface area contributed by atoms with Gasteiger partial charge in [0.1, 0.15) is 0 Å². The topological polar surface area (TPSA) is 27.6 Å². The van der Waals surface area contributed by atoms with Crippen LogP contribution < -0.4 is 5.73 Å². The minimum absolute atomic E-state index is 1.09. The molecule has 0 aromatic rings. The van der Waals surface area contributed by atoms with Crippen molar-refractivity contribution in [3.63, 3.8) is 0 Å². The molecule has 0 aliphatic carbocycles. The molecule has 0 saturated carbocycles. The van der Waals surface area contributed by atoms with Gasteiger partial charge in [0.15, 0.2) is 0 Å². The highest BCUT2D eigenvalue weighted by atomic mass is 14.5. The second-order valence-electron chi connectivity index (χ2n) is 2.12. The molecule has 1 heteroatoms. The second kappa shape index (κ2) is 6.83. The lowest BCUT2D eigenvalue weighted by atomic mass is 10.2. The monoisotopic (exact) mass is 115 g/mol. The van der Waals surface area contributed by atoms with Crippen LogP contribution in [0, 0.1) is 6.92 Å². The third kappa shape index (κ3) is 5.83. The van der Waals surface area contributed by atoms with Crippen molar-refractivity contribution in [1.82, 2.24) is 0 Å². The normalized spacial score (nSPS) is 9.62. The van der Waals surface area contributed by atoms with Crippen LogP contribution in [0.5, 0.6) is 0 Å². The third-order valence-electron chi connectivity index (χ3n) is 1.25. The Labute approximate surface area is 52.3 Å². The largest absolute Gasteiger partial charge is 0.358 e. The Morgan fingerprint density at radius 2 is 1.62 bits per heavy atom. The first-order chi connectivity index (χ1) is 3.91. The lowest BCUT2D eigenvalue weighted by Crippen LogP contribution is -2.50. The molecule has 0 heterocycles. The van der Waals surface area contributed by atoms with Gasteiger partial charge in [-0.3, -0.25) is 0 Å². The molecule has 1 nitrogen and oxygen atoms in total. The minimum Gasteiger partial charge on any atom is -0.358 e. The van der Waals surface area contributed by atoms with Crippen molar-refractivity contribution in [1.29, 1.82) is 0 Å². The fourth-order valence-corrected chi connectivity index (χ4v) is 0.707. The van der Waals surface area contributed by atoms with E-state index in [-0.39, 0.29) is 0 Å². The summed E-state index contributed by atoms with van der Waals surface area (Å²) >= 11 is 0. The lowest BCUT2D eigenvalue weighted by molar-refractivity contribution is -0.368. The van der Waals surface area contributed by atoms with Gasteiger partial charge < -0.3 is 5.73 Å². The third-order valence-corrected chi connectivity index (χ3v) is 1.25. The molecule has 0 radical (unpaired) electrons. The molecule has 0 bridgehead atoms. The van der Waals surface area contributed by atoms with Gasteiger partial charge in [0, 0.05) is 0 Å². The molecule has 0 unspecified atom stereocenters. The van der Waals surface area contributed by atoms with E-state index in [1.165, 1.54) is 25.7 Å². The summed E-state index contributed by atoms with van der Waals surface area (Å²) in [6.45, 7) is 4.86. The summed E-state index contributed by atoms with van der Waals surface area (Å²) < 4.78 is 0. The maximum atomic E-state index is 3.77. The van der Waals surface area contributed by atoms with E-state index in [1.807, 2.05) is 0 Å². The standard InChI is InChI=1S/C7H16N/c1-2-3-4-5-6-7-8/h1-8H2/q+1/p+1. The van der Waals surface area contributed by atoms with Crippen molar-refractivity contribution < 1.29 is 5.73 Å². The highest BCUT2D eigenvalue weighted by Gasteiger charge is 1.87. The predicted molar refractivity (Wildman–Crippen MR) is 36.2 cm³/mol. The molecule has 8 heavy (non-hydrogen) atoms. The zero-order valence-electron chi connectivity index (χ0n) is 5.66. The van der Waals surface area contributed by atoms with Crippen molar-refractivity contribution in [3.05, 3.63) is 6.92 Å². The van der Waals surface area contributed by atoms with Crippen molar-refractivity contribution >= 4 is 0 Å². The average Bonchev–Trinajstić information content (AvgIpc) is 1.81. The maximum absolute atomic E-state index is 3.77. The Kier molecular flexibility index (Phi) is 6.68. The molecular formula is C7H17N+2. The Morgan fingerprint density at radius 1 is 1.00 bits per heavy atom. The van der Waals surface area contributed by atoms with Crippen LogP contribution in [0.25, 0.3) is 0 Å². The van der Waals surface area contributed by atoms with Crippen molar-refractivity contribution in [2.75, 3.05) is 6.54 Å². The van der Waals surface area contributed by atoms with Crippen molar-refractivity contribution in [2.45, 2.75) is 32.1 Å². The first-order valence-corrected chi connectivity index (χ1v) is 3.50.